The molecule has 5 nitrogen and oxygen atoms in total. The maximum absolute atomic E-state index is 14.0. The Labute approximate surface area is 194 Å². The first-order valence-corrected chi connectivity index (χ1v) is 9.62. The van der Waals surface area contributed by atoms with Crippen LogP contribution in [-0.4, -0.2) is 44.0 Å². The summed E-state index contributed by atoms with van der Waals surface area (Å²) >= 11 is 0. The van der Waals surface area contributed by atoms with Crippen molar-refractivity contribution >= 4 is 35.8 Å². The fourth-order valence-electron chi connectivity index (χ4n) is 2.87. The minimum absolute atomic E-state index is 0. The Hall–Kier alpha value is -2.23. The van der Waals surface area contributed by atoms with E-state index in [1.165, 1.54) is 12.1 Å². The van der Waals surface area contributed by atoms with E-state index in [0.717, 1.165) is 11.6 Å². The lowest BCUT2D eigenvalue weighted by atomic mass is 10.1. The van der Waals surface area contributed by atoms with E-state index in [-0.39, 0.29) is 35.9 Å². The quantitative estimate of drug-likeness (QED) is 0.322. The molecule has 2 N–H and O–H groups in total. The highest BCUT2D eigenvalue weighted by Gasteiger charge is 2.13. The first-order chi connectivity index (χ1) is 13.8. The smallest absolute Gasteiger partial charge is 0.253 e. The van der Waals surface area contributed by atoms with Gasteiger partial charge in [0.2, 0.25) is 0 Å². The lowest BCUT2D eigenvalue weighted by Gasteiger charge is -2.18. The maximum atomic E-state index is 14.0. The lowest BCUT2D eigenvalue weighted by Crippen LogP contribution is -2.39. The fraction of sp³-hybridized carbons (Fsp3) is 0.364. The Bertz CT molecular complexity index is 874. The van der Waals surface area contributed by atoms with Crippen LogP contribution < -0.4 is 10.6 Å². The number of halogens is 3. The third kappa shape index (κ3) is 7.55. The zero-order valence-corrected chi connectivity index (χ0v) is 20.0. The molecular weight excluding hydrogens is 501 g/mol. The maximum Gasteiger partial charge on any atom is 0.253 e. The molecule has 30 heavy (non-hydrogen) atoms. The van der Waals surface area contributed by atoms with Gasteiger partial charge in [-0.25, -0.2) is 8.78 Å². The van der Waals surface area contributed by atoms with E-state index < -0.39 is 11.6 Å². The largest absolute Gasteiger partial charge is 0.357 e. The van der Waals surface area contributed by atoms with Crippen LogP contribution in [0.25, 0.3) is 0 Å². The van der Waals surface area contributed by atoms with E-state index in [1.54, 1.807) is 32.0 Å². The number of guanidine groups is 1. The van der Waals surface area contributed by atoms with Gasteiger partial charge in [0, 0.05) is 44.4 Å². The second kappa shape index (κ2) is 12.5. The van der Waals surface area contributed by atoms with Gasteiger partial charge in [-0.1, -0.05) is 18.2 Å². The van der Waals surface area contributed by atoms with Gasteiger partial charge in [-0.3, -0.25) is 9.79 Å². The van der Waals surface area contributed by atoms with Crippen molar-refractivity contribution < 1.29 is 13.6 Å². The predicted molar refractivity (Wildman–Crippen MR) is 127 cm³/mol. The zero-order chi connectivity index (χ0) is 21.4. The topological polar surface area (TPSA) is 56.7 Å². The van der Waals surface area contributed by atoms with E-state index in [1.807, 2.05) is 25.1 Å². The molecule has 0 aromatic heterocycles. The molecule has 0 bridgehead atoms. The third-order valence-electron chi connectivity index (χ3n) is 4.38. The van der Waals surface area contributed by atoms with E-state index in [2.05, 4.69) is 15.6 Å². The van der Waals surface area contributed by atoms with Gasteiger partial charge in [0.15, 0.2) is 5.96 Å². The number of nitrogens with zero attached hydrogens (tertiary/aromatic N) is 2. The number of hydrogen-bond acceptors (Lipinski definition) is 2. The molecule has 0 saturated carbocycles. The highest BCUT2D eigenvalue weighted by Crippen LogP contribution is 2.17. The normalized spacial score (nSPS) is 12.0. The van der Waals surface area contributed by atoms with Crippen LogP contribution in [0.1, 0.15) is 41.4 Å². The molecule has 0 aliphatic carbocycles. The van der Waals surface area contributed by atoms with Crippen molar-refractivity contribution in [3.05, 3.63) is 70.8 Å². The van der Waals surface area contributed by atoms with Gasteiger partial charge in [0.25, 0.3) is 5.91 Å². The first kappa shape index (κ1) is 25.8. The lowest BCUT2D eigenvalue weighted by molar-refractivity contribution is 0.0827. The van der Waals surface area contributed by atoms with E-state index >= 15 is 0 Å². The van der Waals surface area contributed by atoms with Crippen molar-refractivity contribution in [2.45, 2.75) is 26.3 Å². The van der Waals surface area contributed by atoms with Crippen LogP contribution in [0.2, 0.25) is 0 Å². The van der Waals surface area contributed by atoms with Crippen LogP contribution in [0, 0.1) is 11.6 Å². The van der Waals surface area contributed by atoms with Crippen molar-refractivity contribution in [2.75, 3.05) is 27.2 Å². The second-order valence-corrected chi connectivity index (χ2v) is 6.94. The summed E-state index contributed by atoms with van der Waals surface area (Å²) in [7, 11) is 3.44. The van der Waals surface area contributed by atoms with Crippen molar-refractivity contribution in [2.24, 2.45) is 4.99 Å². The van der Waals surface area contributed by atoms with E-state index in [0.29, 0.717) is 36.6 Å². The standard InChI is InChI=1S/C22H28F2N4O.HI/c1-5-25-22(27-15(2)19-10-9-18(23)14-20(19)24)26-12-11-16-7-6-8-17(13-16)21(29)28(3)4;/h6-10,13-15H,5,11-12H2,1-4H3,(H2,25,26,27);1H. The summed E-state index contributed by atoms with van der Waals surface area (Å²) in [5, 5.41) is 6.27. The van der Waals surface area contributed by atoms with Crippen molar-refractivity contribution in [1.82, 2.24) is 15.5 Å². The molecule has 2 aromatic rings. The molecule has 0 spiro atoms. The minimum Gasteiger partial charge on any atom is -0.357 e. The van der Waals surface area contributed by atoms with Crippen LogP contribution in [0.15, 0.2) is 47.5 Å². The van der Waals surface area contributed by atoms with Crippen molar-refractivity contribution in [3.63, 3.8) is 0 Å². The molecule has 0 radical (unpaired) electrons. The molecule has 0 aliphatic rings. The van der Waals surface area contributed by atoms with Crippen molar-refractivity contribution in [3.8, 4) is 0 Å². The van der Waals surface area contributed by atoms with Gasteiger partial charge in [-0.15, -0.1) is 24.0 Å². The molecule has 0 heterocycles. The summed E-state index contributed by atoms with van der Waals surface area (Å²) in [5.74, 6) is -0.693. The van der Waals surface area contributed by atoms with Gasteiger partial charge in [0.05, 0.1) is 6.04 Å². The number of carbonyl (C=O) groups excluding carboxylic acids is 1. The number of hydrogen-bond donors (Lipinski definition) is 2. The van der Waals surface area contributed by atoms with Gasteiger partial charge in [-0.2, -0.15) is 0 Å². The van der Waals surface area contributed by atoms with E-state index in [4.69, 9.17) is 0 Å². The Balaban J connectivity index is 0.00000450. The number of nitrogens with one attached hydrogen (secondary N) is 2. The monoisotopic (exact) mass is 530 g/mol. The molecule has 0 fully saturated rings. The van der Waals surface area contributed by atoms with Gasteiger partial charge in [0.1, 0.15) is 11.6 Å². The molecule has 164 valence electrons. The van der Waals surface area contributed by atoms with Gasteiger partial charge >= 0.3 is 0 Å². The van der Waals surface area contributed by atoms with Crippen LogP contribution in [0.5, 0.6) is 0 Å². The minimum atomic E-state index is -0.603. The highest BCUT2D eigenvalue weighted by atomic mass is 127. The first-order valence-electron chi connectivity index (χ1n) is 9.62. The zero-order valence-electron chi connectivity index (χ0n) is 17.7. The van der Waals surface area contributed by atoms with Crippen LogP contribution in [0.4, 0.5) is 8.78 Å². The fourth-order valence-corrected chi connectivity index (χ4v) is 2.87. The summed E-state index contributed by atoms with van der Waals surface area (Å²) < 4.78 is 27.1. The Morgan fingerprint density at radius 3 is 2.53 bits per heavy atom. The number of amides is 1. The molecule has 0 saturated heterocycles. The molecule has 1 unspecified atom stereocenters. The summed E-state index contributed by atoms with van der Waals surface area (Å²) in [6.07, 6.45) is 0.657. The molecule has 2 aromatic carbocycles. The molecule has 2 rings (SSSR count). The van der Waals surface area contributed by atoms with Gasteiger partial charge < -0.3 is 15.5 Å². The van der Waals surface area contributed by atoms with E-state index in [9.17, 15) is 13.6 Å². The van der Waals surface area contributed by atoms with Crippen LogP contribution >= 0.6 is 24.0 Å². The SMILES string of the molecule is CCNC(=NCCc1cccc(C(=O)N(C)C)c1)NC(C)c1ccc(F)cc1F.I. The summed E-state index contributed by atoms with van der Waals surface area (Å²) in [6.45, 7) is 4.88. The molecule has 1 atom stereocenters. The highest BCUT2D eigenvalue weighted by molar-refractivity contribution is 14.0. The Morgan fingerprint density at radius 1 is 1.17 bits per heavy atom. The molecule has 0 aliphatic heterocycles. The van der Waals surface area contributed by atoms with Crippen LogP contribution in [0.3, 0.4) is 0 Å². The summed E-state index contributed by atoms with van der Waals surface area (Å²) in [5.41, 5.74) is 2.02. The molecular formula is C22H29F2IN4O. The average Bonchev–Trinajstić information content (AvgIpc) is 2.67. The van der Waals surface area contributed by atoms with Gasteiger partial charge in [-0.05, 0) is 44.0 Å². The summed E-state index contributed by atoms with van der Waals surface area (Å²) in [4.78, 5) is 18.2. The van der Waals surface area contributed by atoms with Crippen LogP contribution in [-0.2, 0) is 6.42 Å². The second-order valence-electron chi connectivity index (χ2n) is 6.94. The molecule has 1 amide bonds. The number of aliphatic imine (C=N–C) groups is 1. The third-order valence-corrected chi connectivity index (χ3v) is 4.38. The Kier molecular flexibility index (Phi) is 10.7. The number of carbonyl (C=O) groups is 1. The predicted octanol–water partition coefficient (Wildman–Crippen LogP) is 4.14. The molecule has 8 heteroatoms. The average molecular weight is 530 g/mol. The summed E-state index contributed by atoms with van der Waals surface area (Å²) in [6, 6.07) is 10.6. The van der Waals surface area contributed by atoms with Crippen molar-refractivity contribution in [1.29, 1.82) is 0 Å². The number of rotatable bonds is 7. The Morgan fingerprint density at radius 2 is 1.90 bits per heavy atom. The number of benzene rings is 2.